The van der Waals surface area contributed by atoms with Crippen LogP contribution in [0.3, 0.4) is 0 Å². The fraction of sp³-hybridized carbons (Fsp3) is 0.750. The van der Waals surface area contributed by atoms with E-state index in [0.717, 1.165) is 0 Å². The number of rotatable bonds is 1. The molecule has 1 heterocycles. The second kappa shape index (κ2) is 8.91. The SMILES string of the molecule is CCC1OC(=O)[C@H](C)C(=O)[C@H](C)[C@H](O)[C@](C)(O)C[C@@H](C)C(=O)/C=C/[C@H]1C. The van der Waals surface area contributed by atoms with Crippen LogP contribution in [-0.2, 0) is 19.1 Å². The molecule has 7 atom stereocenters. The Labute approximate surface area is 155 Å². The maximum atomic E-state index is 12.6. The molecule has 1 aliphatic heterocycles. The maximum Gasteiger partial charge on any atom is 0.316 e. The van der Waals surface area contributed by atoms with Gasteiger partial charge in [0, 0.05) is 17.8 Å². The fourth-order valence-electron chi connectivity index (χ4n) is 3.39. The molecule has 0 aliphatic carbocycles. The van der Waals surface area contributed by atoms with Crippen LogP contribution in [0.5, 0.6) is 0 Å². The molecule has 0 saturated heterocycles. The van der Waals surface area contributed by atoms with Crippen molar-refractivity contribution < 1.29 is 29.3 Å². The molecule has 26 heavy (non-hydrogen) atoms. The summed E-state index contributed by atoms with van der Waals surface area (Å²) in [4.78, 5) is 37.3. The number of allylic oxidation sites excluding steroid dienone is 1. The summed E-state index contributed by atoms with van der Waals surface area (Å²) >= 11 is 0. The van der Waals surface area contributed by atoms with Crippen LogP contribution >= 0.6 is 0 Å². The molecule has 6 heteroatoms. The third kappa shape index (κ3) is 5.24. The molecule has 0 aromatic rings. The zero-order valence-electron chi connectivity index (χ0n) is 16.6. The van der Waals surface area contributed by atoms with Gasteiger partial charge in [0.15, 0.2) is 11.6 Å². The highest BCUT2D eigenvalue weighted by Crippen LogP contribution is 2.29. The number of ketones is 2. The smallest absolute Gasteiger partial charge is 0.316 e. The summed E-state index contributed by atoms with van der Waals surface area (Å²) in [5.41, 5.74) is -1.64. The molecule has 0 fully saturated rings. The molecular weight excluding hydrogens is 336 g/mol. The van der Waals surface area contributed by atoms with Gasteiger partial charge < -0.3 is 14.9 Å². The lowest BCUT2D eigenvalue weighted by Crippen LogP contribution is -2.49. The van der Waals surface area contributed by atoms with Crippen molar-refractivity contribution in [2.45, 2.75) is 72.2 Å². The van der Waals surface area contributed by atoms with E-state index in [1.54, 1.807) is 13.0 Å². The molecule has 0 aromatic carbocycles. The summed E-state index contributed by atoms with van der Waals surface area (Å²) < 4.78 is 5.47. The lowest BCUT2D eigenvalue weighted by molar-refractivity contribution is -0.161. The van der Waals surface area contributed by atoms with E-state index in [2.05, 4.69) is 0 Å². The zero-order valence-corrected chi connectivity index (χ0v) is 16.6. The van der Waals surface area contributed by atoms with Crippen LogP contribution in [0.4, 0.5) is 0 Å². The quantitative estimate of drug-likeness (QED) is 0.543. The van der Waals surface area contributed by atoms with E-state index in [1.165, 1.54) is 26.8 Å². The average molecular weight is 368 g/mol. The van der Waals surface area contributed by atoms with Crippen LogP contribution in [0.15, 0.2) is 12.2 Å². The first-order valence-corrected chi connectivity index (χ1v) is 9.29. The van der Waals surface area contributed by atoms with Crippen LogP contribution in [0, 0.1) is 23.7 Å². The molecule has 0 aromatic heterocycles. The lowest BCUT2D eigenvalue weighted by Gasteiger charge is -2.35. The van der Waals surface area contributed by atoms with Gasteiger partial charge in [0.1, 0.15) is 12.0 Å². The third-order valence-electron chi connectivity index (χ3n) is 5.37. The number of aliphatic hydroxyl groups is 2. The van der Waals surface area contributed by atoms with Crippen molar-refractivity contribution in [3.63, 3.8) is 0 Å². The fourth-order valence-corrected chi connectivity index (χ4v) is 3.39. The summed E-state index contributed by atoms with van der Waals surface area (Å²) in [6, 6.07) is 0. The standard InChI is InChI=1S/C20H32O6/c1-7-16-11(2)8-9-15(21)12(3)10-20(6,25)18(23)13(4)17(22)14(5)19(24)26-16/h8-9,11-14,16,18,23,25H,7,10H2,1-6H3/b9-8+/t11-,12-,13+,14-,16?,18+,20-/m1/s1. The van der Waals surface area contributed by atoms with Gasteiger partial charge in [0.05, 0.1) is 11.7 Å². The Hall–Kier alpha value is -1.53. The average Bonchev–Trinajstić information content (AvgIpc) is 2.59. The normalized spacial score (nSPS) is 42.1. The van der Waals surface area contributed by atoms with Gasteiger partial charge in [-0.15, -0.1) is 0 Å². The monoisotopic (exact) mass is 368 g/mol. The number of hydrogen-bond donors (Lipinski definition) is 2. The van der Waals surface area contributed by atoms with Gasteiger partial charge in [-0.1, -0.05) is 33.8 Å². The van der Waals surface area contributed by atoms with Gasteiger partial charge >= 0.3 is 5.97 Å². The Kier molecular flexibility index (Phi) is 7.71. The van der Waals surface area contributed by atoms with Crippen molar-refractivity contribution >= 4 is 17.5 Å². The van der Waals surface area contributed by atoms with E-state index >= 15 is 0 Å². The van der Waals surface area contributed by atoms with Crippen LogP contribution in [0.2, 0.25) is 0 Å². The summed E-state index contributed by atoms with van der Waals surface area (Å²) in [5.74, 6) is -4.04. The number of aliphatic hydroxyl groups excluding tert-OH is 1. The second-order valence-corrected chi connectivity index (χ2v) is 7.82. The van der Waals surface area contributed by atoms with E-state index in [9.17, 15) is 24.6 Å². The van der Waals surface area contributed by atoms with Crippen LogP contribution < -0.4 is 0 Å². The van der Waals surface area contributed by atoms with Crippen molar-refractivity contribution in [3.05, 3.63) is 12.2 Å². The first-order chi connectivity index (χ1) is 11.9. The van der Waals surface area contributed by atoms with Gasteiger partial charge in [0.25, 0.3) is 0 Å². The molecule has 1 rings (SSSR count). The van der Waals surface area contributed by atoms with E-state index in [0.29, 0.717) is 6.42 Å². The van der Waals surface area contributed by atoms with E-state index in [-0.39, 0.29) is 18.1 Å². The minimum Gasteiger partial charge on any atom is -0.461 e. The van der Waals surface area contributed by atoms with Crippen LogP contribution in [-0.4, -0.2) is 45.6 Å². The molecule has 2 N–H and O–H groups in total. The highest BCUT2D eigenvalue weighted by molar-refractivity contribution is 6.00. The Balaban J connectivity index is 3.26. The first-order valence-electron chi connectivity index (χ1n) is 9.29. The van der Waals surface area contributed by atoms with Gasteiger partial charge in [-0.05, 0) is 32.8 Å². The predicted octanol–water partition coefficient (Wildman–Crippen LogP) is 2.06. The number of esters is 1. The molecule has 1 unspecified atom stereocenters. The largest absolute Gasteiger partial charge is 0.461 e. The second-order valence-electron chi connectivity index (χ2n) is 7.82. The number of cyclic esters (lactones) is 1. The minimum absolute atomic E-state index is 0.0133. The third-order valence-corrected chi connectivity index (χ3v) is 5.37. The van der Waals surface area contributed by atoms with Gasteiger partial charge in [-0.25, -0.2) is 0 Å². The highest BCUT2D eigenvalue weighted by Gasteiger charge is 2.42. The molecule has 0 radical (unpaired) electrons. The van der Waals surface area contributed by atoms with E-state index in [4.69, 9.17) is 4.74 Å². The molecule has 6 nitrogen and oxygen atoms in total. The Bertz CT molecular complexity index is 565. The lowest BCUT2D eigenvalue weighted by atomic mass is 9.78. The first kappa shape index (κ1) is 22.5. The van der Waals surface area contributed by atoms with Gasteiger partial charge in [0.2, 0.25) is 0 Å². The van der Waals surface area contributed by atoms with Gasteiger partial charge in [-0.3, -0.25) is 14.4 Å². The number of ether oxygens (including phenoxy) is 1. The maximum absolute atomic E-state index is 12.6. The predicted molar refractivity (Wildman–Crippen MR) is 97.2 cm³/mol. The van der Waals surface area contributed by atoms with Crippen LogP contribution in [0.25, 0.3) is 0 Å². The summed E-state index contributed by atoms with van der Waals surface area (Å²) in [6.07, 6.45) is 1.86. The van der Waals surface area contributed by atoms with Crippen LogP contribution in [0.1, 0.15) is 54.4 Å². The van der Waals surface area contributed by atoms with Crippen molar-refractivity contribution in [3.8, 4) is 0 Å². The molecule has 0 bridgehead atoms. The topological polar surface area (TPSA) is 101 Å². The van der Waals surface area contributed by atoms with E-state index in [1.807, 2.05) is 13.8 Å². The number of carbonyl (C=O) groups excluding carboxylic acids is 3. The molecular formula is C20H32O6. The van der Waals surface area contributed by atoms with Crippen molar-refractivity contribution in [2.24, 2.45) is 23.7 Å². The molecule has 1 aliphatic rings. The van der Waals surface area contributed by atoms with Crippen molar-refractivity contribution in [1.29, 1.82) is 0 Å². The zero-order chi connectivity index (χ0) is 20.2. The number of carbonyl (C=O) groups is 3. The van der Waals surface area contributed by atoms with Crippen molar-refractivity contribution in [1.82, 2.24) is 0 Å². The molecule has 0 saturated carbocycles. The highest BCUT2D eigenvalue weighted by atomic mass is 16.5. The van der Waals surface area contributed by atoms with Crippen molar-refractivity contribution in [2.75, 3.05) is 0 Å². The van der Waals surface area contributed by atoms with E-state index < -0.39 is 47.3 Å². The number of hydrogen-bond acceptors (Lipinski definition) is 6. The summed E-state index contributed by atoms with van der Waals surface area (Å²) in [5, 5.41) is 21.1. The molecule has 0 spiro atoms. The van der Waals surface area contributed by atoms with Gasteiger partial charge in [-0.2, -0.15) is 0 Å². The number of Topliss-reactive ketones (excluding diaryl/α,β-unsaturated/α-hetero) is 1. The Morgan fingerprint density at radius 3 is 2.31 bits per heavy atom. The molecule has 0 amide bonds. The summed E-state index contributed by atoms with van der Waals surface area (Å²) in [6.45, 7) is 9.72. The molecule has 148 valence electrons. The Morgan fingerprint density at radius 1 is 1.19 bits per heavy atom. The Morgan fingerprint density at radius 2 is 1.77 bits per heavy atom. The summed E-state index contributed by atoms with van der Waals surface area (Å²) in [7, 11) is 0. The minimum atomic E-state index is -1.64.